The molecule has 2 heterocycles. The smallest absolute Gasteiger partial charge is 0.151 e. The number of aromatic nitrogens is 1. The number of benzene rings is 3. The summed E-state index contributed by atoms with van der Waals surface area (Å²) in [5.74, 6) is 0.712. The zero-order valence-electron chi connectivity index (χ0n) is 19.7. The van der Waals surface area contributed by atoms with Crippen LogP contribution in [0.25, 0.3) is 22.0 Å². The highest BCUT2D eigenvalue weighted by molar-refractivity contribution is 5.95. The number of halogens is 1. The molecule has 176 valence electrons. The summed E-state index contributed by atoms with van der Waals surface area (Å²) in [6, 6.07) is 23.6. The Morgan fingerprint density at radius 3 is 2.50 bits per heavy atom. The van der Waals surface area contributed by atoms with Crippen molar-refractivity contribution < 1.29 is 8.91 Å². The van der Waals surface area contributed by atoms with Gasteiger partial charge in [0.1, 0.15) is 11.5 Å². The number of rotatable bonds is 8. The quantitative estimate of drug-likeness (QED) is 0.359. The van der Waals surface area contributed by atoms with Gasteiger partial charge in [-0.2, -0.15) is 0 Å². The zero-order valence-corrected chi connectivity index (χ0v) is 19.7. The molecule has 0 aliphatic carbocycles. The standard InChI is InChI=1S/C28H31FN4O/c1-2-31(14-15-32-16-18-33(19-17-32)24-12-10-23(29)11-13-24)21-25-20-28(30-34-25)27-9-5-7-22-6-3-4-8-26(22)27/h3-13,20H,2,14-19,21H2,1H3. The topological polar surface area (TPSA) is 35.8 Å². The Balaban J connectivity index is 1.15. The third-order valence-electron chi connectivity index (χ3n) is 6.75. The highest BCUT2D eigenvalue weighted by Gasteiger charge is 2.18. The van der Waals surface area contributed by atoms with Gasteiger partial charge in [-0.1, -0.05) is 54.5 Å². The zero-order chi connectivity index (χ0) is 23.3. The van der Waals surface area contributed by atoms with Crippen LogP contribution >= 0.6 is 0 Å². The molecule has 0 radical (unpaired) electrons. The van der Waals surface area contributed by atoms with Crippen molar-refractivity contribution in [1.29, 1.82) is 0 Å². The minimum Gasteiger partial charge on any atom is -0.369 e. The molecular weight excluding hydrogens is 427 g/mol. The first-order chi connectivity index (χ1) is 16.7. The van der Waals surface area contributed by atoms with E-state index in [0.29, 0.717) is 0 Å². The van der Waals surface area contributed by atoms with E-state index in [4.69, 9.17) is 4.52 Å². The van der Waals surface area contributed by atoms with Crippen LogP contribution in [0.3, 0.4) is 0 Å². The molecular formula is C28H31FN4O. The summed E-state index contributed by atoms with van der Waals surface area (Å²) in [6.45, 7) is 9.87. The third kappa shape index (κ3) is 5.13. The molecule has 0 bridgehead atoms. The lowest BCUT2D eigenvalue weighted by Crippen LogP contribution is -2.48. The predicted octanol–water partition coefficient (Wildman–Crippen LogP) is 5.28. The molecule has 6 heteroatoms. The van der Waals surface area contributed by atoms with E-state index >= 15 is 0 Å². The van der Waals surface area contributed by atoms with Crippen molar-refractivity contribution in [2.75, 3.05) is 50.7 Å². The molecule has 0 saturated carbocycles. The van der Waals surface area contributed by atoms with Crippen molar-refractivity contribution in [2.45, 2.75) is 13.5 Å². The van der Waals surface area contributed by atoms with Crippen LogP contribution in [0.1, 0.15) is 12.7 Å². The lowest BCUT2D eigenvalue weighted by Gasteiger charge is -2.36. The molecule has 1 aliphatic heterocycles. The molecule has 1 aliphatic rings. The number of hydrogen-bond donors (Lipinski definition) is 0. The van der Waals surface area contributed by atoms with Gasteiger partial charge in [0, 0.05) is 56.6 Å². The van der Waals surface area contributed by atoms with Crippen LogP contribution in [0.5, 0.6) is 0 Å². The largest absolute Gasteiger partial charge is 0.369 e. The van der Waals surface area contributed by atoms with Crippen molar-refractivity contribution in [2.24, 2.45) is 0 Å². The second-order valence-electron chi connectivity index (χ2n) is 8.88. The minimum absolute atomic E-state index is 0.182. The molecule has 5 nitrogen and oxygen atoms in total. The van der Waals surface area contributed by atoms with Crippen molar-refractivity contribution in [3.63, 3.8) is 0 Å². The average molecular weight is 459 g/mol. The Kier molecular flexibility index (Phi) is 6.88. The van der Waals surface area contributed by atoms with Crippen LogP contribution in [0, 0.1) is 5.82 Å². The molecule has 0 amide bonds. The van der Waals surface area contributed by atoms with Gasteiger partial charge in [0.05, 0.1) is 6.54 Å². The first-order valence-electron chi connectivity index (χ1n) is 12.1. The second-order valence-corrected chi connectivity index (χ2v) is 8.88. The normalized spacial score (nSPS) is 14.9. The number of hydrogen-bond acceptors (Lipinski definition) is 5. The Morgan fingerprint density at radius 2 is 1.71 bits per heavy atom. The van der Waals surface area contributed by atoms with E-state index in [1.807, 2.05) is 12.1 Å². The molecule has 5 rings (SSSR count). The molecule has 4 aromatic rings. The fraction of sp³-hybridized carbons (Fsp3) is 0.321. The van der Waals surface area contributed by atoms with Gasteiger partial charge in [0.25, 0.3) is 0 Å². The maximum absolute atomic E-state index is 13.2. The summed E-state index contributed by atoms with van der Waals surface area (Å²) in [6.07, 6.45) is 0. The van der Waals surface area contributed by atoms with E-state index in [1.54, 1.807) is 0 Å². The Morgan fingerprint density at radius 1 is 0.941 bits per heavy atom. The highest BCUT2D eigenvalue weighted by Crippen LogP contribution is 2.28. The van der Waals surface area contributed by atoms with E-state index in [-0.39, 0.29) is 5.82 Å². The van der Waals surface area contributed by atoms with Crippen molar-refractivity contribution in [3.8, 4) is 11.3 Å². The first-order valence-corrected chi connectivity index (χ1v) is 12.1. The van der Waals surface area contributed by atoms with E-state index < -0.39 is 0 Å². The molecule has 1 aromatic heterocycles. The summed E-state index contributed by atoms with van der Waals surface area (Å²) in [4.78, 5) is 7.24. The lowest BCUT2D eigenvalue weighted by atomic mass is 10.0. The third-order valence-corrected chi connectivity index (χ3v) is 6.75. The number of piperazine rings is 1. The second kappa shape index (κ2) is 10.4. The summed E-state index contributed by atoms with van der Waals surface area (Å²) in [7, 11) is 0. The van der Waals surface area contributed by atoms with Crippen LogP contribution in [0.2, 0.25) is 0 Å². The molecule has 3 aromatic carbocycles. The highest BCUT2D eigenvalue weighted by atomic mass is 19.1. The monoisotopic (exact) mass is 458 g/mol. The van der Waals surface area contributed by atoms with Gasteiger partial charge in [-0.05, 0) is 41.6 Å². The van der Waals surface area contributed by atoms with Crippen LogP contribution < -0.4 is 4.90 Å². The van der Waals surface area contributed by atoms with Crippen LogP contribution in [0.4, 0.5) is 10.1 Å². The molecule has 1 saturated heterocycles. The maximum Gasteiger partial charge on any atom is 0.151 e. The molecule has 0 N–H and O–H groups in total. The first kappa shape index (κ1) is 22.6. The number of likely N-dealkylation sites (N-methyl/N-ethyl adjacent to an activating group) is 1. The SMILES string of the molecule is CCN(CCN1CCN(c2ccc(F)cc2)CC1)Cc1cc(-c2cccc3ccccc23)no1. The van der Waals surface area contributed by atoms with Crippen LogP contribution in [-0.2, 0) is 6.54 Å². The minimum atomic E-state index is -0.182. The Bertz CT molecular complexity index is 1210. The van der Waals surface area contributed by atoms with Gasteiger partial charge in [-0.3, -0.25) is 9.80 Å². The summed E-state index contributed by atoms with van der Waals surface area (Å²) in [5.41, 5.74) is 3.10. The lowest BCUT2D eigenvalue weighted by molar-refractivity contribution is 0.185. The summed E-state index contributed by atoms with van der Waals surface area (Å²) in [5, 5.41) is 6.77. The molecule has 1 fully saturated rings. The average Bonchev–Trinajstić information content (AvgIpc) is 3.35. The molecule has 0 atom stereocenters. The van der Waals surface area contributed by atoms with Crippen LogP contribution in [-0.4, -0.2) is 60.8 Å². The van der Waals surface area contributed by atoms with Crippen molar-refractivity contribution in [3.05, 3.63) is 84.4 Å². The van der Waals surface area contributed by atoms with Gasteiger partial charge in [0.2, 0.25) is 0 Å². The predicted molar refractivity (Wildman–Crippen MR) is 135 cm³/mol. The summed E-state index contributed by atoms with van der Waals surface area (Å²) < 4.78 is 18.9. The maximum atomic E-state index is 13.2. The Hall–Kier alpha value is -3.22. The van der Waals surface area contributed by atoms with Gasteiger partial charge in [-0.15, -0.1) is 0 Å². The van der Waals surface area contributed by atoms with Gasteiger partial charge >= 0.3 is 0 Å². The molecule has 0 unspecified atom stereocenters. The van der Waals surface area contributed by atoms with Crippen molar-refractivity contribution in [1.82, 2.24) is 15.0 Å². The van der Waals surface area contributed by atoms with Crippen LogP contribution in [0.15, 0.2) is 77.3 Å². The van der Waals surface area contributed by atoms with E-state index in [0.717, 1.165) is 75.1 Å². The van der Waals surface area contributed by atoms with E-state index in [1.165, 1.54) is 22.9 Å². The van der Waals surface area contributed by atoms with Crippen molar-refractivity contribution >= 4 is 16.5 Å². The molecule has 34 heavy (non-hydrogen) atoms. The van der Waals surface area contributed by atoms with E-state index in [9.17, 15) is 4.39 Å². The fourth-order valence-corrected chi connectivity index (χ4v) is 4.70. The Labute approximate surface area is 200 Å². The van der Waals surface area contributed by atoms with E-state index in [2.05, 4.69) is 75.3 Å². The van der Waals surface area contributed by atoms with Gasteiger partial charge < -0.3 is 9.42 Å². The van der Waals surface area contributed by atoms with Gasteiger partial charge in [-0.25, -0.2) is 4.39 Å². The van der Waals surface area contributed by atoms with Gasteiger partial charge in [0.15, 0.2) is 5.76 Å². The number of fused-ring (bicyclic) bond motifs is 1. The number of anilines is 1. The number of nitrogens with zero attached hydrogens (tertiary/aromatic N) is 4. The molecule has 0 spiro atoms. The fourth-order valence-electron chi connectivity index (χ4n) is 4.70. The summed E-state index contributed by atoms with van der Waals surface area (Å²) >= 11 is 0.